The van der Waals surface area contributed by atoms with E-state index >= 15 is 0 Å². The van der Waals surface area contributed by atoms with Crippen molar-refractivity contribution in [3.63, 3.8) is 0 Å². The number of para-hydroxylation sites is 1. The molecule has 0 aliphatic heterocycles. The predicted molar refractivity (Wildman–Crippen MR) is 121 cm³/mol. The lowest BCUT2D eigenvalue weighted by Crippen LogP contribution is -2.41. The molecule has 6 rings (SSSR count). The molecule has 4 bridgehead atoms. The van der Waals surface area contributed by atoms with Crippen molar-refractivity contribution >= 4 is 13.6 Å². The van der Waals surface area contributed by atoms with Gasteiger partial charge < -0.3 is 14.0 Å². The van der Waals surface area contributed by atoms with Crippen molar-refractivity contribution in [1.29, 1.82) is 0 Å². The van der Waals surface area contributed by atoms with Crippen LogP contribution < -0.4 is 9.26 Å². The molecule has 0 spiro atoms. The van der Waals surface area contributed by atoms with E-state index in [1.165, 1.54) is 37.7 Å². The molecule has 2 aromatic carbocycles. The van der Waals surface area contributed by atoms with Gasteiger partial charge in [-0.3, -0.25) is 9.79 Å². The summed E-state index contributed by atoms with van der Waals surface area (Å²) >= 11 is 0. The zero-order valence-electron chi connectivity index (χ0n) is 17.9. The lowest BCUT2D eigenvalue weighted by atomic mass is 9.54. The SMILES string of the molecule is O=P(O)(O)Oc1cccc(C(OCCOc2ccccc2)=C2C3CC4CC(C3)CC2C4)c1. The maximum absolute atomic E-state index is 11.3. The average Bonchev–Trinajstić information content (AvgIpc) is 2.74. The number of hydrogen-bond acceptors (Lipinski definition) is 4. The van der Waals surface area contributed by atoms with Gasteiger partial charge in [-0.25, -0.2) is 4.57 Å². The fourth-order valence-corrected chi connectivity index (χ4v) is 6.44. The van der Waals surface area contributed by atoms with Crippen LogP contribution in [0.2, 0.25) is 0 Å². The van der Waals surface area contributed by atoms with E-state index in [2.05, 4.69) is 0 Å². The highest BCUT2D eigenvalue weighted by Crippen LogP contribution is 2.58. The molecule has 6 nitrogen and oxygen atoms in total. The second kappa shape index (κ2) is 8.93. The summed E-state index contributed by atoms with van der Waals surface area (Å²) in [4.78, 5) is 18.5. The molecule has 7 heteroatoms. The van der Waals surface area contributed by atoms with E-state index in [1.807, 2.05) is 36.4 Å². The Hall–Kier alpha value is -2.27. The molecular weight excluding hydrogens is 427 g/mol. The molecule has 32 heavy (non-hydrogen) atoms. The van der Waals surface area contributed by atoms with E-state index in [-0.39, 0.29) is 5.75 Å². The molecule has 170 valence electrons. The van der Waals surface area contributed by atoms with Crippen molar-refractivity contribution in [2.24, 2.45) is 23.7 Å². The minimum atomic E-state index is -4.63. The van der Waals surface area contributed by atoms with Crippen LogP contribution in [-0.4, -0.2) is 23.0 Å². The molecule has 0 saturated heterocycles. The van der Waals surface area contributed by atoms with Crippen molar-refractivity contribution in [2.45, 2.75) is 32.1 Å². The van der Waals surface area contributed by atoms with Gasteiger partial charge in [-0.05, 0) is 85.6 Å². The molecule has 2 N–H and O–H groups in total. The zero-order valence-corrected chi connectivity index (χ0v) is 18.8. The van der Waals surface area contributed by atoms with Crippen molar-refractivity contribution < 1.29 is 28.3 Å². The number of phosphoric acid groups is 1. The van der Waals surface area contributed by atoms with E-state index in [0.717, 1.165) is 28.9 Å². The molecule has 0 amide bonds. The first-order valence-corrected chi connectivity index (χ1v) is 12.9. The second-order valence-electron chi connectivity index (χ2n) is 9.21. The standard InChI is InChI=1S/C25H29O6P/c26-32(27,28)31-23-8-4-5-19(16-23)25(30-10-9-29-22-6-2-1-3-7-22)24-20-12-17-11-18(14-20)15-21(24)13-17/h1-8,16-18,20-21H,9-15H2,(H2,26,27,28). The Labute approximate surface area is 188 Å². The molecule has 0 atom stereocenters. The summed E-state index contributed by atoms with van der Waals surface area (Å²) in [5.74, 6) is 4.50. The number of phosphoric ester groups is 1. The van der Waals surface area contributed by atoms with Gasteiger partial charge in [-0.15, -0.1) is 0 Å². The summed E-state index contributed by atoms with van der Waals surface area (Å²) in [6.07, 6.45) is 6.23. The Bertz CT molecular complexity index is 998. The van der Waals surface area contributed by atoms with Gasteiger partial charge in [0, 0.05) is 5.56 Å². The molecule has 0 heterocycles. The van der Waals surface area contributed by atoms with Crippen LogP contribution in [0.3, 0.4) is 0 Å². The number of ether oxygens (including phenoxy) is 2. The number of allylic oxidation sites excluding steroid dienone is 1. The molecule has 4 saturated carbocycles. The van der Waals surface area contributed by atoms with Gasteiger partial charge in [-0.2, -0.15) is 0 Å². The van der Waals surface area contributed by atoms with E-state index in [0.29, 0.717) is 25.0 Å². The molecule has 0 unspecified atom stereocenters. The zero-order chi connectivity index (χ0) is 22.1. The molecule has 0 aromatic heterocycles. The summed E-state index contributed by atoms with van der Waals surface area (Å²) in [6, 6.07) is 16.6. The van der Waals surface area contributed by atoms with Gasteiger partial charge in [0.1, 0.15) is 30.5 Å². The Kier molecular flexibility index (Phi) is 6.02. The largest absolute Gasteiger partial charge is 0.524 e. The number of rotatable bonds is 8. The third kappa shape index (κ3) is 4.88. The summed E-state index contributed by atoms with van der Waals surface area (Å²) in [5.41, 5.74) is 2.18. The first kappa shape index (κ1) is 21.6. The van der Waals surface area contributed by atoms with Crippen LogP contribution in [0.25, 0.3) is 5.76 Å². The maximum atomic E-state index is 11.3. The van der Waals surface area contributed by atoms with Crippen molar-refractivity contribution in [3.05, 3.63) is 65.7 Å². The Morgan fingerprint density at radius 3 is 2.16 bits per heavy atom. The number of hydrogen-bond donors (Lipinski definition) is 2. The van der Waals surface area contributed by atoms with Crippen LogP contribution in [0.15, 0.2) is 60.2 Å². The van der Waals surface area contributed by atoms with Crippen LogP contribution in [0.1, 0.15) is 37.7 Å². The average molecular weight is 456 g/mol. The van der Waals surface area contributed by atoms with Crippen LogP contribution in [0.5, 0.6) is 11.5 Å². The monoisotopic (exact) mass is 456 g/mol. The summed E-state index contributed by atoms with van der Waals surface area (Å²) in [6.45, 7) is 0.809. The first-order chi connectivity index (χ1) is 15.4. The molecular formula is C25H29O6P. The minimum Gasteiger partial charge on any atom is -0.490 e. The van der Waals surface area contributed by atoms with Crippen LogP contribution in [0, 0.1) is 23.7 Å². The Morgan fingerprint density at radius 1 is 0.844 bits per heavy atom. The van der Waals surface area contributed by atoms with E-state index in [9.17, 15) is 14.4 Å². The Morgan fingerprint density at radius 2 is 1.50 bits per heavy atom. The normalized spacial score (nSPS) is 26.1. The van der Waals surface area contributed by atoms with Gasteiger partial charge in [-0.1, -0.05) is 30.3 Å². The predicted octanol–water partition coefficient (Wildman–Crippen LogP) is 5.42. The third-order valence-corrected chi connectivity index (χ3v) is 7.39. The highest BCUT2D eigenvalue weighted by Gasteiger charge is 2.46. The summed E-state index contributed by atoms with van der Waals surface area (Å²) < 4.78 is 28.4. The van der Waals surface area contributed by atoms with Crippen molar-refractivity contribution in [1.82, 2.24) is 0 Å². The fourth-order valence-electron chi connectivity index (χ4n) is 6.05. The van der Waals surface area contributed by atoms with E-state index in [1.54, 1.807) is 18.2 Å². The van der Waals surface area contributed by atoms with Gasteiger partial charge in [0.05, 0.1) is 0 Å². The smallest absolute Gasteiger partial charge is 0.490 e. The van der Waals surface area contributed by atoms with Gasteiger partial charge in [0.25, 0.3) is 0 Å². The molecule has 0 radical (unpaired) electrons. The third-order valence-electron chi connectivity index (χ3n) is 6.94. The molecule has 4 fully saturated rings. The minimum absolute atomic E-state index is 0.141. The molecule has 2 aromatic rings. The fraction of sp³-hybridized carbons (Fsp3) is 0.440. The summed E-state index contributed by atoms with van der Waals surface area (Å²) in [5, 5.41) is 0. The summed E-state index contributed by atoms with van der Waals surface area (Å²) in [7, 11) is -4.63. The Balaban J connectivity index is 1.41. The van der Waals surface area contributed by atoms with Crippen LogP contribution in [-0.2, 0) is 9.30 Å². The highest BCUT2D eigenvalue weighted by molar-refractivity contribution is 7.46. The van der Waals surface area contributed by atoms with Gasteiger partial charge in [0.2, 0.25) is 0 Å². The first-order valence-electron chi connectivity index (χ1n) is 11.3. The van der Waals surface area contributed by atoms with E-state index in [4.69, 9.17) is 14.0 Å². The highest BCUT2D eigenvalue weighted by atomic mass is 31.2. The van der Waals surface area contributed by atoms with Crippen molar-refractivity contribution in [3.8, 4) is 11.5 Å². The number of benzene rings is 2. The van der Waals surface area contributed by atoms with Crippen LogP contribution >= 0.6 is 7.82 Å². The van der Waals surface area contributed by atoms with Crippen LogP contribution in [0.4, 0.5) is 0 Å². The van der Waals surface area contributed by atoms with E-state index < -0.39 is 7.82 Å². The lowest BCUT2D eigenvalue weighted by molar-refractivity contribution is 0.0658. The topological polar surface area (TPSA) is 85.2 Å². The second-order valence-corrected chi connectivity index (χ2v) is 10.4. The van der Waals surface area contributed by atoms with Gasteiger partial charge >= 0.3 is 7.82 Å². The lowest BCUT2D eigenvalue weighted by Gasteiger charge is -2.51. The maximum Gasteiger partial charge on any atom is 0.524 e. The van der Waals surface area contributed by atoms with Gasteiger partial charge in [0.15, 0.2) is 0 Å². The molecule has 4 aliphatic rings. The molecule has 4 aliphatic carbocycles. The van der Waals surface area contributed by atoms with Crippen molar-refractivity contribution in [2.75, 3.05) is 13.2 Å². The quantitative estimate of drug-likeness (QED) is 0.313.